The Hall–Kier alpha value is -2.69. The van der Waals surface area contributed by atoms with Crippen LogP contribution >= 0.6 is 0 Å². The van der Waals surface area contributed by atoms with E-state index >= 15 is 0 Å². The summed E-state index contributed by atoms with van der Waals surface area (Å²) >= 11 is 0. The molecule has 0 saturated heterocycles. The van der Waals surface area contributed by atoms with Crippen LogP contribution in [0.25, 0.3) is 0 Å². The molecule has 0 aliphatic carbocycles. The van der Waals surface area contributed by atoms with Crippen molar-refractivity contribution in [2.24, 2.45) is 0 Å². The lowest BCUT2D eigenvalue weighted by Gasteiger charge is -2.12. The van der Waals surface area contributed by atoms with Crippen LogP contribution in [0.3, 0.4) is 0 Å². The van der Waals surface area contributed by atoms with Crippen molar-refractivity contribution in [3.63, 3.8) is 0 Å². The second kappa shape index (κ2) is 7.54. The largest absolute Gasteiger partial charge is 0.489 e. The zero-order valence-electron chi connectivity index (χ0n) is 13.0. The third kappa shape index (κ3) is 4.16. The maximum absolute atomic E-state index is 14.2. The first-order valence-electron chi connectivity index (χ1n) is 7.21. The van der Waals surface area contributed by atoms with Gasteiger partial charge in [-0.1, -0.05) is 30.3 Å². The zero-order chi connectivity index (χ0) is 16.8. The third-order valence-corrected chi connectivity index (χ3v) is 3.16. The molecule has 4 nitrogen and oxygen atoms in total. The van der Waals surface area contributed by atoms with Crippen LogP contribution < -0.4 is 4.74 Å². The molecule has 2 aromatic rings. The summed E-state index contributed by atoms with van der Waals surface area (Å²) in [7, 11) is 0. The Morgan fingerprint density at radius 2 is 1.83 bits per heavy atom. The van der Waals surface area contributed by atoms with E-state index in [0.29, 0.717) is 0 Å². The second-order valence-corrected chi connectivity index (χ2v) is 4.88. The Balaban J connectivity index is 2.31. The molecular weight excluding hydrogens is 299 g/mol. The monoisotopic (exact) mass is 316 g/mol. The first-order chi connectivity index (χ1) is 11.0. The number of rotatable bonds is 6. The number of carbonyl (C=O) groups excluding carboxylic acids is 2. The Kier molecular flexibility index (Phi) is 5.46. The summed E-state index contributed by atoms with van der Waals surface area (Å²) in [6.07, 6.45) is 0. The van der Waals surface area contributed by atoms with Crippen LogP contribution in [0.5, 0.6) is 5.75 Å². The molecule has 0 unspecified atom stereocenters. The van der Waals surface area contributed by atoms with Crippen molar-refractivity contribution < 1.29 is 23.5 Å². The van der Waals surface area contributed by atoms with Gasteiger partial charge in [0.2, 0.25) is 0 Å². The van der Waals surface area contributed by atoms with Gasteiger partial charge in [-0.25, -0.2) is 9.18 Å². The lowest BCUT2D eigenvalue weighted by molar-refractivity contribution is 0.0521. The molecule has 2 rings (SSSR count). The van der Waals surface area contributed by atoms with Gasteiger partial charge in [-0.15, -0.1) is 0 Å². The van der Waals surface area contributed by atoms with Crippen molar-refractivity contribution >= 4 is 11.8 Å². The minimum atomic E-state index is -0.800. The third-order valence-electron chi connectivity index (χ3n) is 3.16. The van der Waals surface area contributed by atoms with Crippen molar-refractivity contribution in [2.45, 2.75) is 20.5 Å². The highest BCUT2D eigenvalue weighted by Crippen LogP contribution is 2.24. The fraction of sp³-hybridized carbons (Fsp3) is 0.222. The summed E-state index contributed by atoms with van der Waals surface area (Å²) in [6.45, 7) is 3.19. The molecule has 0 aromatic heterocycles. The van der Waals surface area contributed by atoms with E-state index in [-0.39, 0.29) is 30.1 Å². The smallest absolute Gasteiger partial charge is 0.339 e. The minimum absolute atomic E-state index is 0.123. The first-order valence-corrected chi connectivity index (χ1v) is 7.21. The topological polar surface area (TPSA) is 52.6 Å². The van der Waals surface area contributed by atoms with Crippen LogP contribution in [-0.2, 0) is 11.3 Å². The van der Waals surface area contributed by atoms with Crippen molar-refractivity contribution in [3.8, 4) is 5.75 Å². The average molecular weight is 316 g/mol. The van der Waals surface area contributed by atoms with Crippen molar-refractivity contribution in [1.82, 2.24) is 0 Å². The summed E-state index contributed by atoms with van der Waals surface area (Å²) in [6, 6.07) is 11.8. The number of carbonyl (C=O) groups is 2. The van der Waals surface area contributed by atoms with Gasteiger partial charge in [-0.3, -0.25) is 4.79 Å². The number of ketones is 1. The van der Waals surface area contributed by atoms with Crippen LogP contribution in [0.2, 0.25) is 0 Å². The van der Waals surface area contributed by atoms with Crippen molar-refractivity contribution in [3.05, 3.63) is 65.0 Å². The number of esters is 1. The Bertz CT molecular complexity index is 710. The van der Waals surface area contributed by atoms with Crippen molar-refractivity contribution in [1.29, 1.82) is 0 Å². The van der Waals surface area contributed by atoms with Crippen molar-refractivity contribution in [2.75, 3.05) is 6.61 Å². The molecule has 0 aliphatic rings. The predicted octanol–water partition coefficient (Wildman–Crippen LogP) is 3.78. The summed E-state index contributed by atoms with van der Waals surface area (Å²) in [5, 5.41) is 0. The van der Waals surface area contributed by atoms with E-state index in [9.17, 15) is 14.0 Å². The van der Waals surface area contributed by atoms with Gasteiger partial charge in [0.05, 0.1) is 17.7 Å². The minimum Gasteiger partial charge on any atom is -0.489 e. The van der Waals surface area contributed by atoms with Gasteiger partial charge < -0.3 is 9.47 Å². The van der Waals surface area contributed by atoms with Gasteiger partial charge in [0.15, 0.2) is 5.78 Å². The highest BCUT2D eigenvalue weighted by atomic mass is 19.1. The summed E-state index contributed by atoms with van der Waals surface area (Å²) in [4.78, 5) is 23.5. The van der Waals surface area contributed by atoms with Gasteiger partial charge in [0.25, 0.3) is 0 Å². The number of hydrogen-bond acceptors (Lipinski definition) is 4. The van der Waals surface area contributed by atoms with E-state index in [4.69, 9.17) is 9.47 Å². The number of halogens is 1. The fourth-order valence-electron chi connectivity index (χ4n) is 2.13. The molecular formula is C18H17FO4. The average Bonchev–Trinajstić information content (AvgIpc) is 2.53. The molecule has 0 N–H and O–H groups in total. The van der Waals surface area contributed by atoms with Crippen LogP contribution in [0.4, 0.5) is 4.39 Å². The molecule has 0 radical (unpaired) electrons. The highest BCUT2D eigenvalue weighted by molar-refractivity contribution is 6.05. The first kappa shape index (κ1) is 16.7. The molecule has 0 amide bonds. The van der Waals surface area contributed by atoms with Gasteiger partial charge in [-0.05, 0) is 25.5 Å². The molecule has 0 heterocycles. The summed E-state index contributed by atoms with van der Waals surface area (Å²) in [5.74, 6) is -1.92. The van der Waals surface area contributed by atoms with Gasteiger partial charge in [0.1, 0.15) is 18.2 Å². The number of benzene rings is 2. The summed E-state index contributed by atoms with van der Waals surface area (Å²) in [5.41, 5.74) is 0.499. The molecule has 0 bridgehead atoms. The number of Topliss-reactive ketones (excluding diaryl/α,β-unsaturated/α-hetero) is 1. The Morgan fingerprint density at radius 1 is 1.13 bits per heavy atom. The van der Waals surface area contributed by atoms with Crippen LogP contribution in [-0.4, -0.2) is 18.4 Å². The molecule has 0 aliphatic heterocycles. The van der Waals surface area contributed by atoms with E-state index in [1.54, 1.807) is 6.92 Å². The normalized spacial score (nSPS) is 10.2. The van der Waals surface area contributed by atoms with Crippen LogP contribution in [0.15, 0.2) is 42.5 Å². The van der Waals surface area contributed by atoms with Crippen LogP contribution in [0, 0.1) is 5.82 Å². The molecule has 120 valence electrons. The molecule has 0 fully saturated rings. The van der Waals surface area contributed by atoms with E-state index in [1.807, 2.05) is 30.3 Å². The van der Waals surface area contributed by atoms with Crippen LogP contribution in [0.1, 0.15) is 40.1 Å². The maximum atomic E-state index is 14.2. The molecule has 0 atom stereocenters. The standard InChI is InChI=1S/C18H17FO4/c1-3-22-18(21)15-9-14(10-16(19)17(15)12(2)20)23-11-13-7-5-4-6-8-13/h4-10H,3,11H2,1-2H3. The van der Waals surface area contributed by atoms with E-state index in [2.05, 4.69) is 0 Å². The number of hydrogen-bond donors (Lipinski definition) is 0. The number of ether oxygens (including phenoxy) is 2. The van der Waals surface area contributed by atoms with Gasteiger partial charge in [0, 0.05) is 6.07 Å². The van der Waals surface area contributed by atoms with Gasteiger partial charge >= 0.3 is 5.97 Å². The molecule has 5 heteroatoms. The second-order valence-electron chi connectivity index (χ2n) is 4.88. The lowest BCUT2D eigenvalue weighted by Crippen LogP contribution is -2.13. The Morgan fingerprint density at radius 3 is 2.43 bits per heavy atom. The van der Waals surface area contributed by atoms with Gasteiger partial charge in [-0.2, -0.15) is 0 Å². The molecule has 0 spiro atoms. The fourth-order valence-corrected chi connectivity index (χ4v) is 2.13. The van der Waals surface area contributed by atoms with E-state index in [1.165, 1.54) is 13.0 Å². The molecule has 2 aromatic carbocycles. The lowest BCUT2D eigenvalue weighted by atomic mass is 10.0. The zero-order valence-corrected chi connectivity index (χ0v) is 13.0. The summed E-state index contributed by atoms with van der Waals surface area (Å²) < 4.78 is 24.6. The molecule has 0 saturated carbocycles. The maximum Gasteiger partial charge on any atom is 0.339 e. The van der Waals surface area contributed by atoms with E-state index in [0.717, 1.165) is 11.6 Å². The SMILES string of the molecule is CCOC(=O)c1cc(OCc2ccccc2)cc(F)c1C(C)=O. The molecule has 23 heavy (non-hydrogen) atoms. The Labute approximate surface area is 133 Å². The quantitative estimate of drug-likeness (QED) is 0.601. The van der Waals surface area contributed by atoms with E-state index < -0.39 is 17.6 Å². The highest BCUT2D eigenvalue weighted by Gasteiger charge is 2.21. The predicted molar refractivity (Wildman–Crippen MR) is 83.1 cm³/mol.